The van der Waals surface area contributed by atoms with Gasteiger partial charge in [-0.1, -0.05) is 67.9 Å². The molecule has 0 bridgehead atoms. The number of rotatable bonds is 6. The Labute approximate surface area is 139 Å². The van der Waals surface area contributed by atoms with Gasteiger partial charge in [-0.2, -0.15) is 0 Å². The first-order chi connectivity index (χ1) is 11.3. The summed E-state index contributed by atoms with van der Waals surface area (Å²) in [7, 11) is 0. The summed E-state index contributed by atoms with van der Waals surface area (Å²) in [6.07, 6.45) is 4.99. The minimum atomic E-state index is -0.393. The van der Waals surface area contributed by atoms with Crippen molar-refractivity contribution in [3.63, 3.8) is 0 Å². The van der Waals surface area contributed by atoms with Gasteiger partial charge in [0.1, 0.15) is 0 Å². The lowest BCUT2D eigenvalue weighted by Gasteiger charge is -2.34. The SMILES string of the molecule is CCCC(Cc1ccccc1)NC1CCc2ccccc2C1O. The number of hydrogen-bond acceptors (Lipinski definition) is 2. The second-order valence-corrected chi connectivity index (χ2v) is 6.63. The molecule has 0 fully saturated rings. The fourth-order valence-electron chi connectivity index (χ4n) is 3.70. The third kappa shape index (κ3) is 4.01. The van der Waals surface area contributed by atoms with Crippen molar-refractivity contribution in [3.8, 4) is 0 Å². The van der Waals surface area contributed by atoms with Crippen molar-refractivity contribution in [1.29, 1.82) is 0 Å². The molecule has 0 aliphatic heterocycles. The lowest BCUT2D eigenvalue weighted by molar-refractivity contribution is 0.107. The van der Waals surface area contributed by atoms with Crippen molar-refractivity contribution >= 4 is 0 Å². The lowest BCUT2D eigenvalue weighted by atomic mass is 9.85. The summed E-state index contributed by atoms with van der Waals surface area (Å²) in [6, 6.07) is 19.5. The number of nitrogens with one attached hydrogen (secondary N) is 1. The fourth-order valence-corrected chi connectivity index (χ4v) is 3.70. The van der Waals surface area contributed by atoms with Gasteiger partial charge in [-0.3, -0.25) is 0 Å². The standard InChI is InChI=1S/C21H27NO/c1-2-8-18(15-16-9-4-3-5-10-16)22-20-14-13-17-11-6-7-12-19(17)21(20)23/h3-7,9-12,18,20-23H,2,8,13-15H2,1H3. The van der Waals surface area contributed by atoms with E-state index in [0.29, 0.717) is 6.04 Å². The molecule has 0 radical (unpaired) electrons. The normalized spacial score (nSPS) is 21.7. The van der Waals surface area contributed by atoms with Gasteiger partial charge in [0.2, 0.25) is 0 Å². The quantitative estimate of drug-likeness (QED) is 0.844. The van der Waals surface area contributed by atoms with Crippen molar-refractivity contribution in [2.75, 3.05) is 0 Å². The van der Waals surface area contributed by atoms with E-state index in [-0.39, 0.29) is 6.04 Å². The third-order valence-corrected chi connectivity index (χ3v) is 4.89. The molecule has 23 heavy (non-hydrogen) atoms. The largest absolute Gasteiger partial charge is 0.387 e. The fraction of sp³-hybridized carbons (Fsp3) is 0.429. The summed E-state index contributed by atoms with van der Waals surface area (Å²) in [5.74, 6) is 0. The molecule has 2 N–H and O–H groups in total. The van der Waals surface area contributed by atoms with Crippen molar-refractivity contribution < 1.29 is 5.11 Å². The molecule has 3 atom stereocenters. The molecule has 2 aromatic rings. The molecule has 1 aliphatic rings. The maximum Gasteiger partial charge on any atom is 0.0945 e. The molecular weight excluding hydrogens is 282 g/mol. The van der Waals surface area contributed by atoms with Gasteiger partial charge in [-0.25, -0.2) is 0 Å². The van der Waals surface area contributed by atoms with Crippen LogP contribution in [0.15, 0.2) is 54.6 Å². The molecule has 0 saturated heterocycles. The van der Waals surface area contributed by atoms with Gasteiger partial charge in [0, 0.05) is 12.1 Å². The molecule has 3 unspecified atom stereocenters. The van der Waals surface area contributed by atoms with E-state index in [4.69, 9.17) is 0 Å². The highest BCUT2D eigenvalue weighted by Gasteiger charge is 2.29. The van der Waals surface area contributed by atoms with Gasteiger partial charge in [0.15, 0.2) is 0 Å². The van der Waals surface area contributed by atoms with Gasteiger partial charge >= 0.3 is 0 Å². The van der Waals surface area contributed by atoms with Crippen LogP contribution in [0.1, 0.15) is 49.0 Å². The molecule has 0 saturated carbocycles. The third-order valence-electron chi connectivity index (χ3n) is 4.89. The predicted octanol–water partition coefficient (Wildman–Crippen LogP) is 4.04. The molecule has 2 heteroatoms. The van der Waals surface area contributed by atoms with Crippen molar-refractivity contribution in [1.82, 2.24) is 5.32 Å². The molecular formula is C21H27NO. The average Bonchev–Trinajstić information content (AvgIpc) is 2.59. The first-order valence-electron chi connectivity index (χ1n) is 8.83. The molecule has 3 rings (SSSR count). The highest BCUT2D eigenvalue weighted by atomic mass is 16.3. The van der Waals surface area contributed by atoms with Crippen LogP contribution in [0.3, 0.4) is 0 Å². The van der Waals surface area contributed by atoms with E-state index < -0.39 is 6.10 Å². The zero-order valence-corrected chi connectivity index (χ0v) is 13.9. The predicted molar refractivity (Wildman–Crippen MR) is 95.5 cm³/mol. The highest BCUT2D eigenvalue weighted by molar-refractivity contribution is 5.32. The first kappa shape index (κ1) is 16.2. The number of aliphatic hydroxyl groups is 1. The molecule has 2 aromatic carbocycles. The van der Waals surface area contributed by atoms with E-state index in [1.165, 1.54) is 11.1 Å². The van der Waals surface area contributed by atoms with Crippen molar-refractivity contribution in [3.05, 3.63) is 71.3 Å². The minimum Gasteiger partial charge on any atom is -0.387 e. The van der Waals surface area contributed by atoms with Crippen molar-refractivity contribution in [2.24, 2.45) is 0 Å². The number of aliphatic hydroxyl groups excluding tert-OH is 1. The molecule has 0 spiro atoms. The van der Waals surface area contributed by atoms with Gasteiger partial charge in [0.25, 0.3) is 0 Å². The smallest absolute Gasteiger partial charge is 0.0945 e. The summed E-state index contributed by atoms with van der Waals surface area (Å²) < 4.78 is 0. The summed E-state index contributed by atoms with van der Waals surface area (Å²) in [5, 5.41) is 14.5. The lowest BCUT2D eigenvalue weighted by Crippen LogP contribution is -2.45. The van der Waals surface area contributed by atoms with Crippen LogP contribution in [-0.2, 0) is 12.8 Å². The Morgan fingerprint density at radius 3 is 2.61 bits per heavy atom. The van der Waals surface area contributed by atoms with E-state index in [1.54, 1.807) is 0 Å². The van der Waals surface area contributed by atoms with E-state index in [9.17, 15) is 5.11 Å². The van der Waals surface area contributed by atoms with E-state index in [1.807, 2.05) is 6.07 Å². The van der Waals surface area contributed by atoms with Gasteiger partial charge < -0.3 is 10.4 Å². The minimum absolute atomic E-state index is 0.158. The Morgan fingerprint density at radius 2 is 1.83 bits per heavy atom. The monoisotopic (exact) mass is 309 g/mol. The second-order valence-electron chi connectivity index (χ2n) is 6.63. The van der Waals surface area contributed by atoms with Crippen LogP contribution in [-0.4, -0.2) is 17.2 Å². The van der Waals surface area contributed by atoms with E-state index in [2.05, 4.69) is 60.8 Å². The van der Waals surface area contributed by atoms with E-state index >= 15 is 0 Å². The summed E-state index contributed by atoms with van der Waals surface area (Å²) in [6.45, 7) is 2.23. The maximum absolute atomic E-state index is 10.7. The summed E-state index contributed by atoms with van der Waals surface area (Å²) in [5.41, 5.74) is 3.77. The Balaban J connectivity index is 1.68. The molecule has 2 nitrogen and oxygen atoms in total. The Morgan fingerprint density at radius 1 is 1.09 bits per heavy atom. The zero-order valence-electron chi connectivity index (χ0n) is 13.9. The van der Waals surface area contributed by atoms with Crippen LogP contribution >= 0.6 is 0 Å². The summed E-state index contributed by atoms with van der Waals surface area (Å²) in [4.78, 5) is 0. The van der Waals surface area contributed by atoms with Gasteiger partial charge in [-0.15, -0.1) is 0 Å². The van der Waals surface area contributed by atoms with Crippen molar-refractivity contribution in [2.45, 2.75) is 57.2 Å². The number of fused-ring (bicyclic) bond motifs is 1. The Kier molecular flexibility index (Phi) is 5.47. The Hall–Kier alpha value is -1.64. The van der Waals surface area contributed by atoms with Gasteiger partial charge in [0.05, 0.1) is 6.10 Å². The van der Waals surface area contributed by atoms with Crippen LogP contribution in [0, 0.1) is 0 Å². The van der Waals surface area contributed by atoms with Gasteiger partial charge in [-0.05, 0) is 42.4 Å². The molecule has 0 heterocycles. The number of aryl methyl sites for hydroxylation is 1. The number of benzene rings is 2. The van der Waals surface area contributed by atoms with Crippen LogP contribution in [0.5, 0.6) is 0 Å². The Bertz CT molecular complexity index is 610. The molecule has 1 aliphatic carbocycles. The highest BCUT2D eigenvalue weighted by Crippen LogP contribution is 2.30. The number of hydrogen-bond donors (Lipinski definition) is 2. The first-order valence-corrected chi connectivity index (χ1v) is 8.83. The summed E-state index contributed by atoms with van der Waals surface area (Å²) >= 11 is 0. The average molecular weight is 309 g/mol. The van der Waals surface area contributed by atoms with E-state index in [0.717, 1.165) is 37.7 Å². The topological polar surface area (TPSA) is 32.3 Å². The van der Waals surface area contributed by atoms with Crippen LogP contribution < -0.4 is 5.32 Å². The molecule has 0 aromatic heterocycles. The maximum atomic E-state index is 10.7. The van der Waals surface area contributed by atoms with Crippen LogP contribution in [0.4, 0.5) is 0 Å². The second kappa shape index (κ2) is 7.76. The van der Waals surface area contributed by atoms with Crippen LogP contribution in [0.2, 0.25) is 0 Å². The molecule has 122 valence electrons. The molecule has 0 amide bonds. The zero-order chi connectivity index (χ0) is 16.1. The van der Waals surface area contributed by atoms with Crippen LogP contribution in [0.25, 0.3) is 0 Å².